The maximum Gasteiger partial charge on any atom is 0.238 e. The van der Waals surface area contributed by atoms with E-state index in [1.807, 2.05) is 19.1 Å². The highest BCUT2D eigenvalue weighted by Crippen LogP contribution is 2.29. The van der Waals surface area contributed by atoms with E-state index in [9.17, 15) is 12.8 Å². The van der Waals surface area contributed by atoms with Crippen molar-refractivity contribution in [1.29, 1.82) is 0 Å². The Kier molecular flexibility index (Phi) is 6.90. The predicted molar refractivity (Wildman–Crippen MR) is 135 cm³/mol. The largest absolute Gasteiger partial charge is 0.387 e. The summed E-state index contributed by atoms with van der Waals surface area (Å²) < 4.78 is 37.2. The Labute approximate surface area is 202 Å². The number of pyridine rings is 1. The highest BCUT2D eigenvalue weighted by molar-refractivity contribution is 7.89. The van der Waals surface area contributed by atoms with Gasteiger partial charge in [-0.3, -0.25) is 0 Å². The molecule has 0 aliphatic heterocycles. The van der Waals surface area contributed by atoms with Crippen LogP contribution in [0.2, 0.25) is 0 Å². The summed E-state index contributed by atoms with van der Waals surface area (Å²) in [6, 6.07) is 12.3. The molecule has 0 radical (unpaired) electrons. The number of benzene rings is 2. The van der Waals surface area contributed by atoms with Crippen LogP contribution in [-0.4, -0.2) is 36.5 Å². The average molecular weight is 494 g/mol. The highest BCUT2D eigenvalue weighted by Gasteiger charge is 2.12. The smallest absolute Gasteiger partial charge is 0.238 e. The fraction of sp³-hybridized carbons (Fsp3) is 0.125. The maximum absolute atomic E-state index is 14.3. The lowest BCUT2D eigenvalue weighted by Gasteiger charge is -2.11. The Hall–Kier alpha value is -4.09. The van der Waals surface area contributed by atoms with Gasteiger partial charge >= 0.3 is 0 Å². The van der Waals surface area contributed by atoms with Gasteiger partial charge in [0.25, 0.3) is 0 Å². The van der Waals surface area contributed by atoms with E-state index in [2.05, 4.69) is 37.5 Å². The van der Waals surface area contributed by atoms with Gasteiger partial charge in [-0.05, 0) is 55.5 Å². The lowest BCUT2D eigenvalue weighted by atomic mass is 10.0. The second-order valence-electron chi connectivity index (χ2n) is 7.85. The zero-order chi connectivity index (χ0) is 25.0. The molecule has 5 N–H and O–H groups in total. The Morgan fingerprint density at radius 2 is 1.83 bits per heavy atom. The van der Waals surface area contributed by atoms with Crippen molar-refractivity contribution in [2.24, 2.45) is 5.14 Å². The fourth-order valence-electron chi connectivity index (χ4n) is 3.37. The van der Waals surface area contributed by atoms with E-state index in [0.29, 0.717) is 46.6 Å². The molecule has 0 bridgehead atoms. The summed E-state index contributed by atoms with van der Waals surface area (Å²) in [5.41, 5.74) is 3.27. The molecule has 0 aliphatic carbocycles. The fourth-order valence-corrected chi connectivity index (χ4v) is 3.89. The van der Waals surface area contributed by atoms with E-state index in [-0.39, 0.29) is 10.8 Å². The number of fused-ring (bicyclic) bond motifs is 1. The van der Waals surface area contributed by atoms with Gasteiger partial charge in [0.2, 0.25) is 16.0 Å². The number of primary sulfonamides is 1. The normalized spacial score (nSPS) is 11.3. The standard InChI is InChI=1S/C24H24FN7O2S/c1-15(2)27-9-10-28-22-8-3-16(13-29-22)21-12-18(25)11-17-14-30-24(32-23(17)21)31-19-4-6-20(7-5-19)35(26,33)34/h3-8,11-14,27H,1,9-10H2,2H3,(H,28,29)(H2,26,33,34)(H,30,31,32). The van der Waals surface area contributed by atoms with Gasteiger partial charge in [0, 0.05) is 53.4 Å². The van der Waals surface area contributed by atoms with E-state index >= 15 is 0 Å². The molecule has 4 aromatic rings. The van der Waals surface area contributed by atoms with Gasteiger partial charge < -0.3 is 16.0 Å². The van der Waals surface area contributed by atoms with Crippen LogP contribution in [0.3, 0.4) is 0 Å². The van der Waals surface area contributed by atoms with Gasteiger partial charge in [-0.2, -0.15) is 0 Å². The number of nitrogens with two attached hydrogens (primary N) is 1. The Morgan fingerprint density at radius 3 is 2.49 bits per heavy atom. The third-order valence-corrected chi connectivity index (χ3v) is 5.95. The lowest BCUT2D eigenvalue weighted by Crippen LogP contribution is -2.20. The molecule has 0 amide bonds. The first kappa shape index (κ1) is 24.0. The third-order valence-electron chi connectivity index (χ3n) is 5.02. The van der Waals surface area contributed by atoms with Gasteiger partial charge in [0.05, 0.1) is 10.4 Å². The number of aromatic nitrogens is 3. The first-order valence-electron chi connectivity index (χ1n) is 10.6. The zero-order valence-corrected chi connectivity index (χ0v) is 19.7. The molecule has 2 aromatic heterocycles. The second kappa shape index (κ2) is 10.0. The summed E-state index contributed by atoms with van der Waals surface area (Å²) in [5.74, 6) is 0.548. The van der Waals surface area contributed by atoms with Crippen molar-refractivity contribution in [2.45, 2.75) is 11.8 Å². The minimum Gasteiger partial charge on any atom is -0.387 e. The minimum absolute atomic E-state index is 0.00207. The van der Waals surface area contributed by atoms with E-state index < -0.39 is 15.8 Å². The van der Waals surface area contributed by atoms with Crippen molar-refractivity contribution in [3.05, 3.63) is 79.0 Å². The van der Waals surface area contributed by atoms with Crippen molar-refractivity contribution >= 4 is 38.4 Å². The summed E-state index contributed by atoms with van der Waals surface area (Å²) in [5, 5.41) is 15.0. The molecular formula is C24H24FN7O2S. The van der Waals surface area contributed by atoms with Crippen LogP contribution in [0.25, 0.3) is 22.0 Å². The van der Waals surface area contributed by atoms with Crippen molar-refractivity contribution in [3.8, 4) is 11.1 Å². The van der Waals surface area contributed by atoms with Crippen LogP contribution in [-0.2, 0) is 10.0 Å². The average Bonchev–Trinajstić information content (AvgIpc) is 2.82. The van der Waals surface area contributed by atoms with Gasteiger partial charge in [0.1, 0.15) is 11.6 Å². The number of halogens is 1. The van der Waals surface area contributed by atoms with Gasteiger partial charge in [0.15, 0.2) is 0 Å². The lowest BCUT2D eigenvalue weighted by molar-refractivity contribution is 0.598. The Morgan fingerprint density at radius 1 is 1.06 bits per heavy atom. The summed E-state index contributed by atoms with van der Waals surface area (Å²) >= 11 is 0. The molecule has 4 rings (SSSR count). The van der Waals surface area contributed by atoms with Crippen molar-refractivity contribution in [3.63, 3.8) is 0 Å². The molecule has 0 saturated heterocycles. The quantitative estimate of drug-likeness (QED) is 0.259. The molecule has 35 heavy (non-hydrogen) atoms. The second-order valence-corrected chi connectivity index (χ2v) is 9.41. The molecule has 0 atom stereocenters. The van der Waals surface area contributed by atoms with Crippen LogP contribution in [0.15, 0.2) is 78.1 Å². The molecular weight excluding hydrogens is 469 g/mol. The number of nitrogens with one attached hydrogen (secondary N) is 3. The minimum atomic E-state index is -3.79. The molecule has 2 heterocycles. The summed E-state index contributed by atoms with van der Waals surface area (Å²) in [6.45, 7) is 7.07. The van der Waals surface area contributed by atoms with Crippen LogP contribution in [0, 0.1) is 5.82 Å². The zero-order valence-electron chi connectivity index (χ0n) is 18.9. The number of hydrogen-bond acceptors (Lipinski definition) is 8. The maximum atomic E-state index is 14.3. The number of hydrogen-bond donors (Lipinski definition) is 4. The monoisotopic (exact) mass is 493 g/mol. The van der Waals surface area contributed by atoms with E-state index in [1.54, 1.807) is 18.3 Å². The van der Waals surface area contributed by atoms with E-state index in [4.69, 9.17) is 5.14 Å². The van der Waals surface area contributed by atoms with Crippen LogP contribution in [0.5, 0.6) is 0 Å². The third kappa shape index (κ3) is 6.08. The topological polar surface area (TPSA) is 135 Å². The van der Waals surface area contributed by atoms with Crippen LogP contribution < -0.4 is 21.1 Å². The first-order chi connectivity index (χ1) is 16.7. The number of rotatable bonds is 9. The van der Waals surface area contributed by atoms with Gasteiger partial charge in [-0.25, -0.2) is 32.9 Å². The molecule has 180 valence electrons. The highest BCUT2D eigenvalue weighted by atomic mass is 32.2. The molecule has 11 heteroatoms. The van der Waals surface area contributed by atoms with E-state index in [1.165, 1.54) is 30.5 Å². The number of anilines is 3. The molecule has 0 aliphatic rings. The van der Waals surface area contributed by atoms with E-state index in [0.717, 1.165) is 5.70 Å². The number of allylic oxidation sites excluding steroid dienone is 1. The summed E-state index contributed by atoms with van der Waals surface area (Å²) in [6.07, 6.45) is 3.18. The Bertz CT molecular complexity index is 1470. The molecule has 0 saturated carbocycles. The van der Waals surface area contributed by atoms with Gasteiger partial charge in [-0.1, -0.05) is 6.58 Å². The molecule has 2 aromatic carbocycles. The first-order valence-corrected chi connectivity index (χ1v) is 12.2. The van der Waals surface area contributed by atoms with Crippen molar-refractivity contribution in [2.75, 3.05) is 23.7 Å². The molecule has 0 unspecified atom stereocenters. The SMILES string of the molecule is C=C(C)NCCNc1ccc(-c2cc(F)cc3cnc(Nc4ccc(S(N)(=O)=O)cc4)nc23)cn1. The molecule has 0 spiro atoms. The van der Waals surface area contributed by atoms with Crippen LogP contribution >= 0.6 is 0 Å². The van der Waals surface area contributed by atoms with Gasteiger partial charge in [-0.15, -0.1) is 0 Å². The van der Waals surface area contributed by atoms with Crippen LogP contribution in [0.1, 0.15) is 6.92 Å². The predicted octanol–water partition coefficient (Wildman–Crippen LogP) is 3.76. The van der Waals surface area contributed by atoms with Crippen LogP contribution in [0.4, 0.5) is 21.8 Å². The molecule has 9 nitrogen and oxygen atoms in total. The Balaban J connectivity index is 1.58. The molecule has 0 fully saturated rings. The van der Waals surface area contributed by atoms with Crippen molar-refractivity contribution in [1.82, 2.24) is 20.3 Å². The number of sulfonamides is 1. The van der Waals surface area contributed by atoms with Crippen molar-refractivity contribution < 1.29 is 12.8 Å². The summed E-state index contributed by atoms with van der Waals surface area (Å²) in [4.78, 5) is 13.2. The number of nitrogens with zero attached hydrogens (tertiary/aromatic N) is 3. The summed E-state index contributed by atoms with van der Waals surface area (Å²) in [7, 11) is -3.79.